The molecule has 1 amide bonds. The van der Waals surface area contributed by atoms with Crippen molar-refractivity contribution in [2.75, 3.05) is 0 Å². The summed E-state index contributed by atoms with van der Waals surface area (Å²) in [6.45, 7) is 0.0700. The van der Waals surface area contributed by atoms with Crippen molar-refractivity contribution < 1.29 is 24.2 Å². The fourth-order valence-electron chi connectivity index (χ4n) is 2.70. The fourth-order valence-corrected chi connectivity index (χ4v) is 3.11. The number of aliphatic carboxylic acids is 1. The second-order valence-electron chi connectivity index (χ2n) is 5.18. The SMILES string of the molecule is O=C(O)C(c1cc(F)ccc1O)N1Cc2cc(Br)ccc2C1=O. The molecule has 0 bridgehead atoms. The van der Waals surface area contributed by atoms with Crippen LogP contribution in [0.3, 0.4) is 0 Å². The van der Waals surface area contributed by atoms with Gasteiger partial charge in [-0.25, -0.2) is 9.18 Å². The van der Waals surface area contributed by atoms with E-state index in [2.05, 4.69) is 15.9 Å². The number of nitrogens with zero attached hydrogens (tertiary/aromatic N) is 1. The van der Waals surface area contributed by atoms with Crippen molar-refractivity contribution in [1.29, 1.82) is 0 Å². The van der Waals surface area contributed by atoms with E-state index in [-0.39, 0.29) is 17.9 Å². The van der Waals surface area contributed by atoms with Crippen molar-refractivity contribution in [3.63, 3.8) is 0 Å². The average molecular weight is 380 g/mol. The number of amides is 1. The molecule has 1 unspecified atom stereocenters. The number of carboxylic acids is 1. The second-order valence-corrected chi connectivity index (χ2v) is 6.09. The van der Waals surface area contributed by atoms with Gasteiger partial charge in [0.1, 0.15) is 11.6 Å². The van der Waals surface area contributed by atoms with Gasteiger partial charge in [0.25, 0.3) is 5.91 Å². The van der Waals surface area contributed by atoms with Crippen molar-refractivity contribution in [3.05, 3.63) is 63.4 Å². The summed E-state index contributed by atoms with van der Waals surface area (Å²) in [4.78, 5) is 25.3. The summed E-state index contributed by atoms with van der Waals surface area (Å²) in [6, 6.07) is 6.59. The molecule has 118 valence electrons. The number of hydrogen-bond donors (Lipinski definition) is 2. The Kier molecular flexibility index (Phi) is 3.81. The van der Waals surface area contributed by atoms with Crippen LogP contribution < -0.4 is 0 Å². The van der Waals surface area contributed by atoms with Gasteiger partial charge in [-0.1, -0.05) is 15.9 Å². The van der Waals surface area contributed by atoms with Crippen LogP contribution in [-0.2, 0) is 11.3 Å². The Hall–Kier alpha value is -2.41. The van der Waals surface area contributed by atoms with E-state index in [0.717, 1.165) is 27.6 Å². The molecule has 0 fully saturated rings. The minimum atomic E-state index is -1.47. The molecule has 0 aromatic heterocycles. The quantitative estimate of drug-likeness (QED) is 0.858. The second kappa shape index (κ2) is 5.66. The minimum absolute atomic E-state index is 0.0700. The number of carboxylic acid groups (broad SMARTS) is 1. The maximum absolute atomic E-state index is 13.5. The number of hydrogen-bond acceptors (Lipinski definition) is 3. The molecule has 1 aliphatic rings. The van der Waals surface area contributed by atoms with Crippen LogP contribution in [0.25, 0.3) is 0 Å². The number of halogens is 2. The van der Waals surface area contributed by atoms with E-state index < -0.39 is 23.7 Å². The molecule has 0 saturated carbocycles. The largest absolute Gasteiger partial charge is 0.508 e. The molecule has 0 radical (unpaired) electrons. The van der Waals surface area contributed by atoms with Crippen LogP contribution in [0.4, 0.5) is 4.39 Å². The summed E-state index contributed by atoms with van der Waals surface area (Å²) in [7, 11) is 0. The first-order valence-corrected chi connectivity index (χ1v) is 7.48. The monoisotopic (exact) mass is 379 g/mol. The van der Waals surface area contributed by atoms with Crippen LogP contribution >= 0.6 is 15.9 Å². The molecule has 5 nitrogen and oxygen atoms in total. The molecular weight excluding hydrogens is 369 g/mol. The smallest absolute Gasteiger partial charge is 0.331 e. The van der Waals surface area contributed by atoms with Gasteiger partial charge in [0.05, 0.1) is 0 Å². The van der Waals surface area contributed by atoms with Gasteiger partial charge in [0, 0.05) is 22.1 Å². The van der Waals surface area contributed by atoms with Crippen LogP contribution in [0.2, 0.25) is 0 Å². The van der Waals surface area contributed by atoms with Gasteiger partial charge in [-0.05, 0) is 42.0 Å². The van der Waals surface area contributed by atoms with Gasteiger partial charge in [0.2, 0.25) is 0 Å². The molecule has 0 spiro atoms. The number of carbonyl (C=O) groups is 2. The van der Waals surface area contributed by atoms with Crippen molar-refractivity contribution in [3.8, 4) is 5.75 Å². The molecule has 1 aliphatic heterocycles. The molecule has 0 aliphatic carbocycles. The number of carbonyl (C=O) groups excluding carboxylic acids is 1. The number of rotatable bonds is 3. The van der Waals surface area contributed by atoms with E-state index in [4.69, 9.17) is 0 Å². The fraction of sp³-hybridized carbons (Fsp3) is 0.125. The van der Waals surface area contributed by atoms with Crippen molar-refractivity contribution >= 4 is 27.8 Å². The first-order chi connectivity index (χ1) is 10.9. The lowest BCUT2D eigenvalue weighted by molar-refractivity contribution is -0.142. The zero-order valence-electron chi connectivity index (χ0n) is 11.7. The third-order valence-electron chi connectivity index (χ3n) is 3.73. The Balaban J connectivity index is 2.06. The van der Waals surface area contributed by atoms with Gasteiger partial charge in [0.15, 0.2) is 6.04 Å². The summed E-state index contributed by atoms with van der Waals surface area (Å²) in [5.41, 5.74) is 0.916. The van der Waals surface area contributed by atoms with E-state index in [9.17, 15) is 24.2 Å². The Bertz CT molecular complexity index is 824. The van der Waals surface area contributed by atoms with E-state index in [1.165, 1.54) is 0 Å². The van der Waals surface area contributed by atoms with Crippen molar-refractivity contribution in [2.45, 2.75) is 12.6 Å². The van der Waals surface area contributed by atoms with E-state index in [1.54, 1.807) is 18.2 Å². The van der Waals surface area contributed by atoms with Crippen LogP contribution in [0.1, 0.15) is 27.5 Å². The van der Waals surface area contributed by atoms with E-state index in [1.807, 2.05) is 0 Å². The lowest BCUT2D eigenvalue weighted by Crippen LogP contribution is -2.34. The van der Waals surface area contributed by atoms with Crippen molar-refractivity contribution in [2.24, 2.45) is 0 Å². The Labute approximate surface area is 139 Å². The molecule has 1 atom stereocenters. The topological polar surface area (TPSA) is 77.8 Å². The third-order valence-corrected chi connectivity index (χ3v) is 4.22. The predicted octanol–water partition coefficient (Wildman–Crippen LogP) is 3.08. The van der Waals surface area contributed by atoms with Gasteiger partial charge < -0.3 is 15.1 Å². The van der Waals surface area contributed by atoms with E-state index in [0.29, 0.717) is 11.1 Å². The van der Waals surface area contributed by atoms with Crippen LogP contribution in [-0.4, -0.2) is 27.0 Å². The highest BCUT2D eigenvalue weighted by molar-refractivity contribution is 9.10. The molecule has 2 aromatic rings. The molecule has 2 aromatic carbocycles. The molecule has 3 rings (SSSR count). The van der Waals surface area contributed by atoms with E-state index >= 15 is 0 Å². The maximum atomic E-state index is 13.5. The number of aromatic hydroxyl groups is 1. The highest BCUT2D eigenvalue weighted by Crippen LogP contribution is 2.36. The zero-order valence-corrected chi connectivity index (χ0v) is 13.2. The van der Waals surface area contributed by atoms with Gasteiger partial charge >= 0.3 is 5.97 Å². The lowest BCUT2D eigenvalue weighted by atomic mass is 10.0. The highest BCUT2D eigenvalue weighted by atomic mass is 79.9. The van der Waals surface area contributed by atoms with Gasteiger partial charge in [-0.3, -0.25) is 4.79 Å². The molecule has 7 heteroatoms. The number of benzene rings is 2. The highest BCUT2D eigenvalue weighted by Gasteiger charge is 2.38. The minimum Gasteiger partial charge on any atom is -0.508 e. The first-order valence-electron chi connectivity index (χ1n) is 6.69. The molecule has 1 heterocycles. The van der Waals surface area contributed by atoms with Crippen LogP contribution in [0.5, 0.6) is 5.75 Å². The third kappa shape index (κ3) is 2.68. The summed E-state index contributed by atoms with van der Waals surface area (Å²) in [6.07, 6.45) is 0. The number of phenolic OH excluding ortho intramolecular Hbond substituents is 1. The van der Waals surface area contributed by atoms with Crippen molar-refractivity contribution in [1.82, 2.24) is 4.90 Å². The Morgan fingerprint density at radius 2 is 2.00 bits per heavy atom. The molecular formula is C16H11BrFNO4. The van der Waals surface area contributed by atoms with Gasteiger partial charge in [-0.15, -0.1) is 0 Å². The number of fused-ring (bicyclic) bond motifs is 1. The molecule has 2 N–H and O–H groups in total. The summed E-state index contributed by atoms with van der Waals surface area (Å²) < 4.78 is 14.2. The summed E-state index contributed by atoms with van der Waals surface area (Å²) >= 11 is 3.30. The average Bonchev–Trinajstić information content (AvgIpc) is 2.79. The molecule has 0 saturated heterocycles. The van der Waals surface area contributed by atoms with Crippen LogP contribution in [0.15, 0.2) is 40.9 Å². The number of phenols is 1. The standard InChI is InChI=1S/C16H11BrFNO4/c17-9-1-3-11-8(5-9)7-19(15(11)21)14(16(22)23)12-6-10(18)2-4-13(12)20/h1-6,14,20H,7H2,(H,22,23). The first kappa shape index (κ1) is 15.5. The zero-order chi connectivity index (χ0) is 16.7. The van der Waals surface area contributed by atoms with Crippen LogP contribution in [0, 0.1) is 5.82 Å². The maximum Gasteiger partial charge on any atom is 0.331 e. The lowest BCUT2D eigenvalue weighted by Gasteiger charge is -2.25. The normalized spacial score (nSPS) is 14.7. The Morgan fingerprint density at radius 3 is 2.70 bits per heavy atom. The Morgan fingerprint density at radius 1 is 1.26 bits per heavy atom. The summed E-state index contributed by atoms with van der Waals surface area (Å²) in [5.74, 6) is -2.87. The summed E-state index contributed by atoms with van der Waals surface area (Å²) in [5, 5.41) is 19.4. The van der Waals surface area contributed by atoms with Gasteiger partial charge in [-0.2, -0.15) is 0 Å². The predicted molar refractivity (Wildman–Crippen MR) is 82.5 cm³/mol. The molecule has 23 heavy (non-hydrogen) atoms.